The second-order valence-corrected chi connectivity index (χ2v) is 3.65. The van der Waals surface area contributed by atoms with Crippen molar-refractivity contribution in [3.05, 3.63) is 30.1 Å². The van der Waals surface area contributed by atoms with Crippen LogP contribution < -0.4 is 5.73 Å². The fourth-order valence-corrected chi connectivity index (χ4v) is 1.77. The molecular formula is C10H14N2. The van der Waals surface area contributed by atoms with E-state index in [1.165, 1.54) is 12.0 Å². The minimum absolute atomic E-state index is 0.329. The molecule has 0 saturated heterocycles. The average molecular weight is 162 g/mol. The molecule has 2 nitrogen and oxygen atoms in total. The molecule has 2 heteroatoms. The lowest BCUT2D eigenvalue weighted by molar-refractivity contribution is 0.631. The highest BCUT2D eigenvalue weighted by Crippen LogP contribution is 2.48. The van der Waals surface area contributed by atoms with Crippen LogP contribution in [0.15, 0.2) is 24.5 Å². The normalized spacial score (nSPS) is 29.8. The van der Waals surface area contributed by atoms with Crippen LogP contribution in [0.25, 0.3) is 0 Å². The summed E-state index contributed by atoms with van der Waals surface area (Å²) in [6, 6.07) is 4.46. The molecule has 1 aromatic heterocycles. The second kappa shape index (κ2) is 2.87. The molecule has 0 amide bonds. The van der Waals surface area contributed by atoms with Gasteiger partial charge >= 0.3 is 0 Å². The molecule has 0 aromatic carbocycles. The fraction of sp³-hybridized carbons (Fsp3) is 0.500. The van der Waals surface area contributed by atoms with Crippen LogP contribution in [0.5, 0.6) is 0 Å². The molecule has 1 saturated carbocycles. The van der Waals surface area contributed by atoms with Crippen molar-refractivity contribution in [2.75, 3.05) is 0 Å². The first kappa shape index (κ1) is 7.74. The van der Waals surface area contributed by atoms with Crippen LogP contribution >= 0.6 is 0 Å². The first-order valence-corrected chi connectivity index (χ1v) is 4.44. The zero-order valence-electron chi connectivity index (χ0n) is 7.27. The second-order valence-electron chi connectivity index (χ2n) is 3.65. The summed E-state index contributed by atoms with van der Waals surface area (Å²) in [6.07, 6.45) is 5.00. The van der Waals surface area contributed by atoms with E-state index in [0.29, 0.717) is 17.9 Å². The van der Waals surface area contributed by atoms with Crippen molar-refractivity contribution in [3.8, 4) is 0 Å². The Labute approximate surface area is 72.8 Å². The Morgan fingerprint density at radius 1 is 1.67 bits per heavy atom. The molecule has 2 N–H and O–H groups in total. The largest absolute Gasteiger partial charge is 0.328 e. The highest BCUT2D eigenvalue weighted by atomic mass is 14.7. The monoisotopic (exact) mass is 162 g/mol. The molecule has 1 aliphatic rings. The molecule has 12 heavy (non-hydrogen) atoms. The first-order chi connectivity index (χ1) is 5.79. The summed E-state index contributed by atoms with van der Waals surface area (Å²) in [5, 5.41) is 0. The highest BCUT2D eigenvalue weighted by Gasteiger charge is 2.40. The van der Waals surface area contributed by atoms with Gasteiger partial charge in [0.25, 0.3) is 0 Å². The predicted octanol–water partition coefficient (Wildman–Crippen LogP) is 1.53. The van der Waals surface area contributed by atoms with Crippen LogP contribution in [0.2, 0.25) is 0 Å². The Morgan fingerprint density at radius 2 is 2.50 bits per heavy atom. The Morgan fingerprint density at radius 3 is 3.00 bits per heavy atom. The Balaban J connectivity index is 2.06. The molecule has 3 atom stereocenters. The van der Waals surface area contributed by atoms with Crippen molar-refractivity contribution in [3.63, 3.8) is 0 Å². The molecule has 2 rings (SSSR count). The van der Waals surface area contributed by atoms with E-state index in [2.05, 4.69) is 18.0 Å². The molecule has 1 fully saturated rings. The van der Waals surface area contributed by atoms with Gasteiger partial charge in [0.05, 0.1) is 0 Å². The summed E-state index contributed by atoms with van der Waals surface area (Å²) in [5.74, 6) is 1.37. The lowest BCUT2D eigenvalue weighted by Gasteiger charge is -2.02. The molecule has 1 heterocycles. The van der Waals surface area contributed by atoms with Crippen LogP contribution in [-0.4, -0.2) is 11.0 Å². The van der Waals surface area contributed by atoms with Crippen molar-refractivity contribution in [1.29, 1.82) is 0 Å². The van der Waals surface area contributed by atoms with Crippen LogP contribution in [0.1, 0.15) is 24.8 Å². The van der Waals surface area contributed by atoms with Gasteiger partial charge in [-0.2, -0.15) is 0 Å². The van der Waals surface area contributed by atoms with E-state index in [1.807, 2.05) is 18.5 Å². The zero-order chi connectivity index (χ0) is 8.55. The maximum absolute atomic E-state index is 5.81. The lowest BCUT2D eigenvalue weighted by atomic mass is 10.1. The van der Waals surface area contributed by atoms with Crippen molar-refractivity contribution in [2.45, 2.75) is 25.3 Å². The third-order valence-electron chi connectivity index (χ3n) is 2.63. The topological polar surface area (TPSA) is 38.9 Å². The fourth-order valence-electron chi connectivity index (χ4n) is 1.77. The summed E-state index contributed by atoms with van der Waals surface area (Å²) < 4.78 is 0. The SMILES string of the molecule is C[C@H](N)[C@@H]1C[C@H]1c1cccnc1. The molecule has 0 bridgehead atoms. The standard InChI is InChI=1S/C10H14N2/c1-7(11)9-5-10(9)8-3-2-4-12-6-8/h2-4,6-7,9-10H,5,11H2,1H3/t7-,9-,10-/m0/s1. The summed E-state index contributed by atoms with van der Waals surface area (Å²) in [5.41, 5.74) is 7.15. The van der Waals surface area contributed by atoms with Gasteiger partial charge in [-0.05, 0) is 36.8 Å². The predicted molar refractivity (Wildman–Crippen MR) is 48.7 cm³/mol. The summed E-state index contributed by atoms with van der Waals surface area (Å²) in [7, 11) is 0. The third kappa shape index (κ3) is 1.34. The number of hydrogen-bond acceptors (Lipinski definition) is 2. The van der Waals surface area contributed by atoms with E-state index < -0.39 is 0 Å². The van der Waals surface area contributed by atoms with Crippen molar-refractivity contribution >= 4 is 0 Å². The van der Waals surface area contributed by atoms with E-state index in [0.717, 1.165) is 0 Å². The number of nitrogens with two attached hydrogens (primary N) is 1. The number of nitrogens with zero attached hydrogens (tertiary/aromatic N) is 1. The molecule has 64 valence electrons. The van der Waals surface area contributed by atoms with Crippen LogP contribution in [0, 0.1) is 5.92 Å². The van der Waals surface area contributed by atoms with Crippen molar-refractivity contribution < 1.29 is 0 Å². The van der Waals surface area contributed by atoms with Gasteiger partial charge in [-0.1, -0.05) is 6.07 Å². The molecule has 0 spiro atoms. The van der Waals surface area contributed by atoms with Gasteiger partial charge in [-0.3, -0.25) is 4.98 Å². The number of pyridine rings is 1. The summed E-state index contributed by atoms with van der Waals surface area (Å²) >= 11 is 0. The molecular weight excluding hydrogens is 148 g/mol. The van der Waals surface area contributed by atoms with Crippen LogP contribution in [-0.2, 0) is 0 Å². The average Bonchev–Trinajstić information content (AvgIpc) is 2.84. The maximum atomic E-state index is 5.81. The molecule has 1 aromatic rings. The van der Waals surface area contributed by atoms with Gasteiger partial charge in [0.15, 0.2) is 0 Å². The lowest BCUT2D eigenvalue weighted by Crippen LogP contribution is -2.17. The molecule has 0 unspecified atom stereocenters. The minimum atomic E-state index is 0.329. The van der Waals surface area contributed by atoms with Gasteiger partial charge in [0.2, 0.25) is 0 Å². The number of aromatic nitrogens is 1. The smallest absolute Gasteiger partial charge is 0.0302 e. The summed E-state index contributed by atoms with van der Waals surface area (Å²) in [6.45, 7) is 2.08. The van der Waals surface area contributed by atoms with E-state index in [9.17, 15) is 0 Å². The van der Waals surface area contributed by atoms with Gasteiger partial charge in [0.1, 0.15) is 0 Å². The van der Waals surface area contributed by atoms with Gasteiger partial charge < -0.3 is 5.73 Å². The first-order valence-electron chi connectivity index (χ1n) is 4.44. The van der Waals surface area contributed by atoms with E-state index in [1.54, 1.807) is 0 Å². The quantitative estimate of drug-likeness (QED) is 0.716. The number of rotatable bonds is 2. The van der Waals surface area contributed by atoms with Crippen molar-refractivity contribution in [1.82, 2.24) is 4.98 Å². The zero-order valence-corrected chi connectivity index (χ0v) is 7.27. The minimum Gasteiger partial charge on any atom is -0.328 e. The van der Waals surface area contributed by atoms with Crippen LogP contribution in [0.3, 0.4) is 0 Å². The summed E-state index contributed by atoms with van der Waals surface area (Å²) in [4.78, 5) is 4.10. The Hall–Kier alpha value is -0.890. The molecule has 1 aliphatic carbocycles. The van der Waals surface area contributed by atoms with E-state index >= 15 is 0 Å². The third-order valence-corrected chi connectivity index (χ3v) is 2.63. The number of hydrogen-bond donors (Lipinski definition) is 1. The molecule has 0 radical (unpaired) electrons. The van der Waals surface area contributed by atoms with Crippen molar-refractivity contribution in [2.24, 2.45) is 11.7 Å². The highest BCUT2D eigenvalue weighted by molar-refractivity contribution is 5.23. The van der Waals surface area contributed by atoms with Gasteiger partial charge in [-0.25, -0.2) is 0 Å². The van der Waals surface area contributed by atoms with E-state index in [-0.39, 0.29) is 0 Å². The van der Waals surface area contributed by atoms with Crippen LogP contribution in [0.4, 0.5) is 0 Å². The molecule has 0 aliphatic heterocycles. The Bertz CT molecular complexity index is 256. The maximum Gasteiger partial charge on any atom is 0.0302 e. The Kier molecular flexibility index (Phi) is 1.85. The van der Waals surface area contributed by atoms with Gasteiger partial charge in [-0.15, -0.1) is 0 Å². The van der Waals surface area contributed by atoms with Gasteiger partial charge in [0, 0.05) is 18.4 Å². The van der Waals surface area contributed by atoms with E-state index in [4.69, 9.17) is 5.73 Å².